The van der Waals surface area contributed by atoms with Crippen molar-refractivity contribution in [3.8, 4) is 11.1 Å². The normalized spacial score (nSPS) is 16.9. The van der Waals surface area contributed by atoms with Gasteiger partial charge in [-0.05, 0) is 60.4 Å². The molecule has 2 aromatic heterocycles. The van der Waals surface area contributed by atoms with Gasteiger partial charge in [0.1, 0.15) is 11.6 Å². The number of nitrogens with zero attached hydrogens (tertiary/aromatic N) is 2. The number of alkyl halides is 3. The highest BCUT2D eigenvalue weighted by molar-refractivity contribution is 5.92. The lowest BCUT2D eigenvalue weighted by Crippen LogP contribution is -2.30. The summed E-state index contributed by atoms with van der Waals surface area (Å²) in [6.45, 7) is 0.583. The molecule has 0 bridgehead atoms. The molecule has 1 saturated heterocycles. The minimum Gasteiger partial charge on any atom is -0.459 e. The Labute approximate surface area is 175 Å². The zero-order valence-corrected chi connectivity index (χ0v) is 16.2. The van der Waals surface area contributed by atoms with Crippen molar-refractivity contribution in [3.05, 3.63) is 78.1 Å². The maximum Gasteiger partial charge on any atom is 0.416 e. The molecule has 1 aliphatic heterocycles. The summed E-state index contributed by atoms with van der Waals surface area (Å²) in [6, 6.07) is 13.3. The predicted molar refractivity (Wildman–Crippen MR) is 106 cm³/mol. The first kappa shape index (κ1) is 19.4. The molecule has 1 amide bonds. The molecule has 3 heterocycles. The molecular weight excluding hydrogens is 409 g/mol. The Morgan fingerprint density at radius 2 is 1.84 bits per heavy atom. The van der Waals surface area contributed by atoms with Crippen molar-refractivity contribution in [2.45, 2.75) is 25.1 Å². The van der Waals surface area contributed by atoms with Crippen LogP contribution in [-0.4, -0.2) is 22.3 Å². The molecular formula is C23H17F3N2O3. The van der Waals surface area contributed by atoms with Gasteiger partial charge in [-0.25, -0.2) is 4.98 Å². The Balaban J connectivity index is 1.44. The van der Waals surface area contributed by atoms with E-state index in [1.165, 1.54) is 18.4 Å². The zero-order valence-electron chi connectivity index (χ0n) is 16.2. The molecule has 1 aliphatic rings. The summed E-state index contributed by atoms with van der Waals surface area (Å²) in [4.78, 5) is 19.0. The lowest BCUT2D eigenvalue weighted by atomic mass is 10.0. The number of rotatable bonds is 3. The van der Waals surface area contributed by atoms with Crippen molar-refractivity contribution >= 4 is 17.0 Å². The fourth-order valence-electron chi connectivity index (χ4n) is 3.93. The number of likely N-dealkylation sites (tertiary alicyclic amines) is 1. The van der Waals surface area contributed by atoms with Gasteiger partial charge in [-0.15, -0.1) is 0 Å². The maximum atomic E-state index is 12.8. The lowest BCUT2D eigenvalue weighted by molar-refractivity contribution is -0.137. The molecule has 1 unspecified atom stereocenters. The number of hydrogen-bond acceptors (Lipinski definition) is 4. The summed E-state index contributed by atoms with van der Waals surface area (Å²) in [6.07, 6.45) is -1.36. The first-order valence-corrected chi connectivity index (χ1v) is 9.83. The molecule has 0 saturated carbocycles. The third kappa shape index (κ3) is 3.58. The molecule has 0 aliphatic carbocycles. The van der Waals surface area contributed by atoms with Gasteiger partial charge in [0.2, 0.25) is 5.89 Å². The highest BCUT2D eigenvalue weighted by atomic mass is 19.4. The van der Waals surface area contributed by atoms with Gasteiger partial charge in [0.25, 0.3) is 5.91 Å². The number of halogens is 3. The number of oxazole rings is 1. The van der Waals surface area contributed by atoms with E-state index >= 15 is 0 Å². The summed E-state index contributed by atoms with van der Waals surface area (Å²) in [5, 5.41) is 0. The van der Waals surface area contributed by atoms with Gasteiger partial charge in [0.15, 0.2) is 11.3 Å². The van der Waals surface area contributed by atoms with E-state index in [0.29, 0.717) is 29.1 Å². The number of carbonyl (C=O) groups is 1. The minimum atomic E-state index is -4.37. The third-order valence-electron chi connectivity index (χ3n) is 5.48. The van der Waals surface area contributed by atoms with Crippen molar-refractivity contribution in [2.75, 3.05) is 6.54 Å². The highest BCUT2D eigenvalue weighted by Crippen LogP contribution is 2.36. The van der Waals surface area contributed by atoms with Gasteiger partial charge in [-0.1, -0.05) is 18.2 Å². The molecule has 1 fully saturated rings. The minimum absolute atomic E-state index is 0.208. The molecule has 2 aromatic carbocycles. The van der Waals surface area contributed by atoms with E-state index in [1.54, 1.807) is 35.2 Å². The molecule has 1 atom stereocenters. The fourth-order valence-corrected chi connectivity index (χ4v) is 3.93. The number of aromatic nitrogens is 1. The first-order chi connectivity index (χ1) is 14.9. The zero-order chi connectivity index (χ0) is 21.6. The molecule has 5 nitrogen and oxygen atoms in total. The summed E-state index contributed by atoms with van der Waals surface area (Å²) < 4.78 is 49.6. The Kier molecular flexibility index (Phi) is 4.57. The Morgan fingerprint density at radius 1 is 1.06 bits per heavy atom. The van der Waals surface area contributed by atoms with E-state index < -0.39 is 11.7 Å². The van der Waals surface area contributed by atoms with E-state index in [-0.39, 0.29) is 17.7 Å². The summed E-state index contributed by atoms with van der Waals surface area (Å²) >= 11 is 0. The van der Waals surface area contributed by atoms with Gasteiger partial charge in [-0.3, -0.25) is 4.79 Å². The smallest absolute Gasteiger partial charge is 0.416 e. The van der Waals surface area contributed by atoms with Crippen LogP contribution in [0.4, 0.5) is 13.2 Å². The average Bonchev–Trinajstić information content (AvgIpc) is 3.52. The number of amides is 1. The SMILES string of the molecule is O=C(c1ccco1)N1CCCC1c1nc2cc(-c3ccc(C(F)(F)F)cc3)ccc2o1. The van der Waals surface area contributed by atoms with Crippen LogP contribution < -0.4 is 0 Å². The first-order valence-electron chi connectivity index (χ1n) is 9.83. The van der Waals surface area contributed by atoms with Gasteiger partial charge in [0, 0.05) is 6.54 Å². The van der Waals surface area contributed by atoms with Crippen LogP contribution in [-0.2, 0) is 6.18 Å². The summed E-state index contributed by atoms with van der Waals surface area (Å²) in [5.74, 6) is 0.504. The number of hydrogen-bond donors (Lipinski definition) is 0. The Hall–Kier alpha value is -3.55. The van der Waals surface area contributed by atoms with Crippen molar-refractivity contribution in [3.63, 3.8) is 0 Å². The molecule has 31 heavy (non-hydrogen) atoms. The van der Waals surface area contributed by atoms with Gasteiger partial charge in [-0.2, -0.15) is 13.2 Å². The molecule has 5 rings (SSSR count). The predicted octanol–water partition coefficient (Wildman–Crippen LogP) is 6.08. The van der Waals surface area contributed by atoms with Crippen LogP contribution in [0.2, 0.25) is 0 Å². The quantitative estimate of drug-likeness (QED) is 0.398. The Bertz CT molecular complexity index is 1230. The van der Waals surface area contributed by atoms with Crippen LogP contribution >= 0.6 is 0 Å². The molecule has 8 heteroatoms. The van der Waals surface area contributed by atoms with E-state index in [2.05, 4.69) is 4.98 Å². The van der Waals surface area contributed by atoms with E-state index in [1.807, 2.05) is 0 Å². The maximum absolute atomic E-state index is 12.8. The third-order valence-corrected chi connectivity index (χ3v) is 5.48. The van der Waals surface area contributed by atoms with Crippen LogP contribution in [0.1, 0.15) is 40.9 Å². The molecule has 0 spiro atoms. The van der Waals surface area contributed by atoms with Crippen LogP contribution in [0.5, 0.6) is 0 Å². The molecule has 158 valence electrons. The van der Waals surface area contributed by atoms with E-state index in [0.717, 1.165) is 30.5 Å². The largest absolute Gasteiger partial charge is 0.459 e. The van der Waals surface area contributed by atoms with Crippen molar-refractivity contribution in [1.82, 2.24) is 9.88 Å². The second kappa shape index (κ2) is 7.30. The second-order valence-corrected chi connectivity index (χ2v) is 7.44. The Morgan fingerprint density at radius 3 is 2.55 bits per heavy atom. The standard InChI is InChI=1S/C23H17F3N2O3/c24-23(25,26)16-8-5-14(6-9-16)15-7-10-19-17(13-15)27-21(31-19)18-3-1-11-28(18)22(29)20-4-2-12-30-20/h2,4-10,12-13,18H,1,3,11H2. The molecule has 0 radical (unpaired) electrons. The second-order valence-electron chi connectivity index (χ2n) is 7.44. The van der Waals surface area contributed by atoms with Crippen molar-refractivity contribution in [2.24, 2.45) is 0 Å². The fraction of sp³-hybridized carbons (Fsp3) is 0.217. The van der Waals surface area contributed by atoms with E-state index in [4.69, 9.17) is 8.83 Å². The van der Waals surface area contributed by atoms with Crippen LogP contribution in [0, 0.1) is 0 Å². The number of furan rings is 1. The number of fused-ring (bicyclic) bond motifs is 1. The topological polar surface area (TPSA) is 59.5 Å². The lowest BCUT2D eigenvalue weighted by Gasteiger charge is -2.20. The summed E-state index contributed by atoms with van der Waals surface area (Å²) in [5.41, 5.74) is 1.84. The molecule has 4 aromatic rings. The number of carbonyl (C=O) groups excluding carboxylic acids is 1. The average molecular weight is 426 g/mol. The van der Waals surface area contributed by atoms with Crippen LogP contribution in [0.25, 0.3) is 22.2 Å². The highest BCUT2D eigenvalue weighted by Gasteiger charge is 2.35. The molecule has 0 N–H and O–H groups in total. The van der Waals surface area contributed by atoms with Gasteiger partial charge < -0.3 is 13.7 Å². The van der Waals surface area contributed by atoms with Crippen molar-refractivity contribution < 1.29 is 26.8 Å². The van der Waals surface area contributed by atoms with Crippen LogP contribution in [0.3, 0.4) is 0 Å². The van der Waals surface area contributed by atoms with E-state index in [9.17, 15) is 18.0 Å². The summed E-state index contributed by atoms with van der Waals surface area (Å²) in [7, 11) is 0. The van der Waals surface area contributed by atoms with Gasteiger partial charge >= 0.3 is 6.18 Å². The monoisotopic (exact) mass is 426 g/mol. The van der Waals surface area contributed by atoms with Gasteiger partial charge in [0.05, 0.1) is 11.8 Å². The van der Waals surface area contributed by atoms with Crippen LogP contribution in [0.15, 0.2) is 69.7 Å². The number of benzene rings is 2. The van der Waals surface area contributed by atoms with Crippen molar-refractivity contribution in [1.29, 1.82) is 0 Å².